The lowest BCUT2D eigenvalue weighted by atomic mass is 10.1. The third kappa shape index (κ3) is 5.75. The van der Waals surface area contributed by atoms with Crippen molar-refractivity contribution >= 4 is 50.9 Å². The molecule has 0 atom stereocenters. The van der Waals surface area contributed by atoms with Gasteiger partial charge in [0.1, 0.15) is 12.0 Å². The Labute approximate surface area is 205 Å². The van der Waals surface area contributed by atoms with E-state index >= 15 is 0 Å². The van der Waals surface area contributed by atoms with Crippen LogP contribution >= 0.6 is 24.0 Å². The Bertz CT molecular complexity index is 1140. The minimum Gasteiger partial charge on any atom is -0.364 e. The van der Waals surface area contributed by atoms with Crippen LogP contribution in [0.15, 0.2) is 58.4 Å². The summed E-state index contributed by atoms with van der Waals surface area (Å²) < 4.78 is 31.6. The van der Waals surface area contributed by atoms with Crippen LogP contribution in [0.4, 0.5) is 0 Å². The third-order valence-electron chi connectivity index (χ3n) is 5.23. The van der Waals surface area contributed by atoms with Gasteiger partial charge in [-0.2, -0.15) is 4.31 Å². The summed E-state index contributed by atoms with van der Waals surface area (Å²) >= 11 is 0. The number of sulfonamides is 1. The highest BCUT2D eigenvalue weighted by Crippen LogP contribution is 2.17. The average molecular weight is 570 g/mol. The molecular formula is C21H27IN6O3S. The first-order valence-electron chi connectivity index (χ1n) is 10.3. The van der Waals surface area contributed by atoms with Crippen LogP contribution in [0.1, 0.15) is 18.2 Å². The Kier molecular flexibility index (Phi) is 8.43. The second kappa shape index (κ2) is 11.1. The number of para-hydroxylation sites is 1. The van der Waals surface area contributed by atoms with E-state index in [2.05, 4.69) is 26.4 Å². The SMILES string of the molecule is CCNC(=NCc1ccnc2ccccc12)N1CCN(S(=O)(=O)Cc2ccon2)CC1.I. The van der Waals surface area contributed by atoms with Crippen LogP contribution in [-0.4, -0.2) is 66.4 Å². The Morgan fingerprint density at radius 3 is 2.66 bits per heavy atom. The quantitative estimate of drug-likeness (QED) is 0.276. The molecule has 1 aliphatic heterocycles. The first kappa shape index (κ1) is 24.4. The molecule has 1 aromatic carbocycles. The zero-order valence-corrected chi connectivity index (χ0v) is 21.0. The van der Waals surface area contributed by atoms with Crippen molar-refractivity contribution in [1.29, 1.82) is 0 Å². The van der Waals surface area contributed by atoms with Gasteiger partial charge in [-0.1, -0.05) is 23.4 Å². The number of aromatic nitrogens is 2. The van der Waals surface area contributed by atoms with Crippen molar-refractivity contribution in [1.82, 2.24) is 24.7 Å². The zero-order valence-electron chi connectivity index (χ0n) is 17.8. The predicted octanol–water partition coefficient (Wildman–Crippen LogP) is 2.45. The molecule has 4 rings (SSSR count). The predicted molar refractivity (Wildman–Crippen MR) is 134 cm³/mol. The largest absolute Gasteiger partial charge is 0.364 e. The molecule has 11 heteroatoms. The van der Waals surface area contributed by atoms with Gasteiger partial charge < -0.3 is 14.7 Å². The molecule has 32 heavy (non-hydrogen) atoms. The number of piperazine rings is 1. The molecular weight excluding hydrogens is 543 g/mol. The third-order valence-corrected chi connectivity index (χ3v) is 7.04. The van der Waals surface area contributed by atoms with E-state index in [0.717, 1.165) is 29.0 Å². The molecule has 1 saturated heterocycles. The molecule has 0 amide bonds. The molecule has 1 aliphatic rings. The Hall–Kier alpha value is -2.25. The smallest absolute Gasteiger partial charge is 0.220 e. The molecule has 0 spiro atoms. The summed E-state index contributed by atoms with van der Waals surface area (Å²) in [4.78, 5) is 11.3. The lowest BCUT2D eigenvalue weighted by Crippen LogP contribution is -2.53. The fourth-order valence-electron chi connectivity index (χ4n) is 3.65. The average Bonchev–Trinajstić information content (AvgIpc) is 3.29. The Balaban J connectivity index is 0.00000289. The molecule has 9 nitrogen and oxygen atoms in total. The van der Waals surface area contributed by atoms with Gasteiger partial charge in [-0.05, 0) is 24.6 Å². The number of nitrogens with zero attached hydrogens (tertiary/aromatic N) is 5. The number of benzene rings is 1. The van der Waals surface area contributed by atoms with Crippen LogP contribution in [0.3, 0.4) is 0 Å². The maximum absolute atomic E-state index is 12.7. The molecule has 0 bridgehead atoms. The molecule has 3 aromatic rings. The first-order valence-corrected chi connectivity index (χ1v) is 11.9. The Morgan fingerprint density at radius 2 is 1.94 bits per heavy atom. The van der Waals surface area contributed by atoms with Crippen molar-refractivity contribution < 1.29 is 12.9 Å². The fraction of sp³-hybridized carbons (Fsp3) is 0.381. The van der Waals surface area contributed by atoms with Crippen LogP contribution in [0.2, 0.25) is 0 Å². The lowest BCUT2D eigenvalue weighted by molar-refractivity contribution is 0.259. The maximum atomic E-state index is 12.7. The number of aliphatic imine (C=N–C) groups is 1. The molecule has 0 saturated carbocycles. The standard InChI is InChI=1S/C21H26N6O3S.HI/c1-2-22-21(24-15-17-7-9-23-20-6-4-3-5-19(17)20)26-10-12-27(13-11-26)31(28,29)16-18-8-14-30-25-18;/h3-9,14H,2,10-13,15-16H2,1H3,(H,22,24);1H. The number of halogens is 1. The van der Waals surface area contributed by atoms with Gasteiger partial charge >= 0.3 is 0 Å². The van der Waals surface area contributed by atoms with Gasteiger partial charge in [0.2, 0.25) is 10.0 Å². The van der Waals surface area contributed by atoms with Crippen LogP contribution in [0.5, 0.6) is 0 Å². The second-order valence-corrected chi connectivity index (χ2v) is 9.26. The second-order valence-electron chi connectivity index (χ2n) is 7.29. The van der Waals surface area contributed by atoms with E-state index in [1.54, 1.807) is 12.3 Å². The summed E-state index contributed by atoms with van der Waals surface area (Å²) in [5.74, 6) is 0.643. The van der Waals surface area contributed by atoms with Gasteiger partial charge in [0.25, 0.3) is 0 Å². The summed E-state index contributed by atoms with van der Waals surface area (Å²) in [7, 11) is -3.43. The summed E-state index contributed by atoms with van der Waals surface area (Å²) in [6, 6.07) is 11.6. The normalized spacial score (nSPS) is 15.5. The van der Waals surface area contributed by atoms with Gasteiger partial charge in [-0.3, -0.25) is 4.98 Å². The van der Waals surface area contributed by atoms with Crippen molar-refractivity contribution in [3.05, 3.63) is 60.1 Å². The minimum absolute atomic E-state index is 0. The van der Waals surface area contributed by atoms with Gasteiger partial charge in [0.15, 0.2) is 5.96 Å². The van der Waals surface area contributed by atoms with Crippen molar-refractivity contribution in [3.63, 3.8) is 0 Å². The number of fused-ring (bicyclic) bond motifs is 1. The Morgan fingerprint density at radius 1 is 1.16 bits per heavy atom. The van der Waals surface area contributed by atoms with E-state index in [0.29, 0.717) is 38.4 Å². The van der Waals surface area contributed by atoms with Gasteiger partial charge in [-0.25, -0.2) is 13.4 Å². The number of hydrogen-bond donors (Lipinski definition) is 1. The minimum atomic E-state index is -3.43. The number of pyridine rings is 1. The summed E-state index contributed by atoms with van der Waals surface area (Å²) in [5, 5.41) is 8.14. The van der Waals surface area contributed by atoms with Crippen molar-refractivity contribution in [2.45, 2.75) is 19.2 Å². The molecule has 2 aromatic heterocycles. The summed E-state index contributed by atoms with van der Waals surface area (Å²) in [5.41, 5.74) is 2.47. The highest BCUT2D eigenvalue weighted by atomic mass is 127. The van der Waals surface area contributed by atoms with E-state index in [4.69, 9.17) is 9.52 Å². The van der Waals surface area contributed by atoms with E-state index < -0.39 is 10.0 Å². The molecule has 1 fully saturated rings. The van der Waals surface area contributed by atoms with Crippen LogP contribution in [0.25, 0.3) is 10.9 Å². The lowest BCUT2D eigenvalue weighted by Gasteiger charge is -2.35. The summed E-state index contributed by atoms with van der Waals surface area (Å²) in [6.07, 6.45) is 3.19. The van der Waals surface area contributed by atoms with Crippen molar-refractivity contribution in [3.8, 4) is 0 Å². The molecule has 172 valence electrons. The maximum Gasteiger partial charge on any atom is 0.220 e. The molecule has 0 unspecified atom stereocenters. The van der Waals surface area contributed by atoms with Crippen LogP contribution in [0, 0.1) is 0 Å². The molecule has 1 N–H and O–H groups in total. The van der Waals surface area contributed by atoms with Gasteiger partial charge in [0, 0.05) is 50.4 Å². The zero-order chi connectivity index (χ0) is 21.7. The molecule has 0 radical (unpaired) electrons. The van der Waals surface area contributed by atoms with E-state index in [1.165, 1.54) is 10.6 Å². The van der Waals surface area contributed by atoms with E-state index in [1.807, 2.05) is 31.2 Å². The topological polar surface area (TPSA) is 104 Å². The van der Waals surface area contributed by atoms with E-state index in [-0.39, 0.29) is 29.7 Å². The van der Waals surface area contributed by atoms with Gasteiger partial charge in [-0.15, -0.1) is 24.0 Å². The number of guanidine groups is 1. The molecule has 3 heterocycles. The van der Waals surface area contributed by atoms with Crippen LogP contribution < -0.4 is 5.32 Å². The summed E-state index contributed by atoms with van der Waals surface area (Å²) in [6.45, 7) is 5.24. The number of rotatable bonds is 6. The highest BCUT2D eigenvalue weighted by Gasteiger charge is 2.29. The van der Waals surface area contributed by atoms with E-state index in [9.17, 15) is 8.42 Å². The number of nitrogens with one attached hydrogen (secondary N) is 1. The highest BCUT2D eigenvalue weighted by molar-refractivity contribution is 14.0. The van der Waals surface area contributed by atoms with Gasteiger partial charge in [0.05, 0.1) is 17.8 Å². The first-order chi connectivity index (χ1) is 15.1. The van der Waals surface area contributed by atoms with Crippen molar-refractivity contribution in [2.24, 2.45) is 4.99 Å². The molecule has 0 aliphatic carbocycles. The van der Waals surface area contributed by atoms with Crippen LogP contribution in [-0.2, 0) is 22.3 Å². The monoisotopic (exact) mass is 570 g/mol. The fourth-order valence-corrected chi connectivity index (χ4v) is 5.07. The number of hydrogen-bond acceptors (Lipinski definition) is 6. The van der Waals surface area contributed by atoms with Crippen molar-refractivity contribution in [2.75, 3.05) is 32.7 Å².